The van der Waals surface area contributed by atoms with E-state index < -0.39 is 10.9 Å². The molecule has 3 rings (SSSR count). The van der Waals surface area contributed by atoms with Crippen molar-refractivity contribution in [2.45, 2.75) is 88.8 Å². The highest BCUT2D eigenvalue weighted by atomic mass is 16.6. The Morgan fingerprint density at radius 3 is 1.93 bits per heavy atom. The summed E-state index contributed by atoms with van der Waals surface area (Å²) in [5.74, 6) is -0.469. The molecule has 30 heavy (non-hydrogen) atoms. The van der Waals surface area contributed by atoms with E-state index in [2.05, 4.69) is 10.6 Å². The molecule has 2 N–H and O–H groups in total. The second-order valence-corrected chi connectivity index (χ2v) is 8.34. The second-order valence-electron chi connectivity index (χ2n) is 8.34. The smallest absolute Gasteiger partial charge is 0.338 e. The quantitative estimate of drug-likeness (QED) is 0.417. The summed E-state index contributed by atoms with van der Waals surface area (Å²) in [4.78, 5) is 34.8. The molecule has 2 amide bonds. The van der Waals surface area contributed by atoms with Gasteiger partial charge in [0.2, 0.25) is 0 Å². The second kappa shape index (κ2) is 10.9. The molecule has 0 aromatic heterocycles. The molecule has 2 aliphatic rings. The molecule has 0 radical (unpaired) electrons. The molecule has 0 aliphatic heterocycles. The summed E-state index contributed by atoms with van der Waals surface area (Å²) < 4.78 is 5.54. The number of nitro benzene ring substituents is 1. The number of carbonyl (C=O) groups excluding carboxylic acids is 2. The minimum absolute atomic E-state index is 0.0594. The summed E-state index contributed by atoms with van der Waals surface area (Å²) in [7, 11) is 0. The number of nitrogens with zero attached hydrogens (tertiary/aromatic N) is 1. The average molecular weight is 418 g/mol. The fourth-order valence-electron chi connectivity index (χ4n) is 4.28. The molecule has 0 heterocycles. The number of non-ortho nitro benzene ring substituents is 1. The number of hydrogen-bond donors (Lipinski definition) is 2. The van der Waals surface area contributed by atoms with Crippen molar-refractivity contribution in [3.8, 4) is 0 Å². The third kappa shape index (κ3) is 6.71. The van der Waals surface area contributed by atoms with Crippen LogP contribution >= 0.6 is 0 Å². The van der Waals surface area contributed by atoms with Crippen LogP contribution in [0, 0.1) is 10.1 Å². The Morgan fingerprint density at radius 2 is 1.37 bits per heavy atom. The van der Waals surface area contributed by atoms with Gasteiger partial charge in [-0.3, -0.25) is 10.1 Å². The van der Waals surface area contributed by atoms with Gasteiger partial charge in [0, 0.05) is 24.2 Å². The molecule has 0 saturated heterocycles. The van der Waals surface area contributed by atoms with E-state index >= 15 is 0 Å². The molecular weight excluding hydrogens is 386 g/mol. The number of ether oxygens (including phenoxy) is 1. The van der Waals surface area contributed by atoms with Crippen LogP contribution in [-0.4, -0.2) is 35.1 Å². The monoisotopic (exact) mass is 417 g/mol. The van der Waals surface area contributed by atoms with Crippen LogP contribution in [0.3, 0.4) is 0 Å². The Bertz CT molecular complexity index is 721. The van der Waals surface area contributed by atoms with E-state index in [0.717, 1.165) is 25.7 Å². The highest BCUT2D eigenvalue weighted by molar-refractivity contribution is 5.89. The molecular formula is C22H31N3O5. The molecule has 0 atom stereocenters. The van der Waals surface area contributed by atoms with Gasteiger partial charge in [-0.05, 0) is 50.7 Å². The van der Waals surface area contributed by atoms with Gasteiger partial charge in [-0.1, -0.05) is 32.1 Å². The van der Waals surface area contributed by atoms with Gasteiger partial charge in [0.1, 0.15) is 6.10 Å². The third-order valence-corrected chi connectivity index (χ3v) is 6.04. The van der Waals surface area contributed by atoms with Gasteiger partial charge in [0.25, 0.3) is 5.69 Å². The molecule has 0 bridgehead atoms. The van der Waals surface area contributed by atoms with Crippen molar-refractivity contribution in [3.05, 3.63) is 39.9 Å². The van der Waals surface area contributed by atoms with Crippen LogP contribution in [0.15, 0.2) is 24.3 Å². The van der Waals surface area contributed by atoms with Gasteiger partial charge >= 0.3 is 12.0 Å². The fourth-order valence-corrected chi connectivity index (χ4v) is 4.28. The van der Waals surface area contributed by atoms with Crippen molar-refractivity contribution in [2.75, 3.05) is 0 Å². The fraction of sp³-hybridized carbons (Fsp3) is 0.636. The van der Waals surface area contributed by atoms with Gasteiger partial charge in [0.15, 0.2) is 0 Å². The number of benzene rings is 1. The molecule has 1 aromatic rings. The third-order valence-electron chi connectivity index (χ3n) is 6.04. The Balaban J connectivity index is 1.38. The van der Waals surface area contributed by atoms with Crippen LogP contribution in [0.5, 0.6) is 0 Å². The van der Waals surface area contributed by atoms with Crippen LogP contribution in [0.1, 0.15) is 81.0 Å². The lowest BCUT2D eigenvalue weighted by molar-refractivity contribution is -0.384. The molecule has 2 saturated carbocycles. The summed E-state index contributed by atoms with van der Waals surface area (Å²) in [6.45, 7) is 0. The number of nitro groups is 1. The molecule has 164 valence electrons. The van der Waals surface area contributed by atoms with Crippen LogP contribution < -0.4 is 10.6 Å². The highest BCUT2D eigenvalue weighted by Gasteiger charge is 2.26. The van der Waals surface area contributed by atoms with Crippen LogP contribution in [-0.2, 0) is 4.74 Å². The summed E-state index contributed by atoms with van der Waals surface area (Å²) in [6, 6.07) is 5.68. The van der Waals surface area contributed by atoms with E-state index in [4.69, 9.17) is 4.74 Å². The molecule has 1 aromatic carbocycles. The predicted molar refractivity (Wildman–Crippen MR) is 112 cm³/mol. The molecule has 0 unspecified atom stereocenters. The Hall–Kier alpha value is -2.64. The standard InChI is InChI=1S/C22H31N3O5/c26-21(16-8-12-19(13-9-16)25(28)29)30-20-14-10-18(11-15-20)24-22(27)23-17-6-4-2-1-3-5-7-17/h8-9,12-13,17-18,20H,1-7,10-11,14-15H2,(H2,23,24,27). The number of carbonyl (C=O) groups is 2. The number of amides is 2. The SMILES string of the molecule is O=C(NC1CCCCCCC1)NC1CCC(OC(=O)c2ccc([N+](=O)[O-])cc2)CC1. The first-order valence-corrected chi connectivity index (χ1v) is 11.0. The minimum atomic E-state index is -0.503. The number of nitrogens with one attached hydrogen (secondary N) is 2. The minimum Gasteiger partial charge on any atom is -0.459 e. The van der Waals surface area contributed by atoms with Crippen LogP contribution in [0.2, 0.25) is 0 Å². The molecule has 2 aliphatic carbocycles. The maximum Gasteiger partial charge on any atom is 0.338 e. The van der Waals surface area contributed by atoms with E-state index in [1.165, 1.54) is 56.4 Å². The first-order valence-electron chi connectivity index (χ1n) is 11.0. The van der Waals surface area contributed by atoms with E-state index in [-0.39, 0.29) is 29.9 Å². The lowest BCUT2D eigenvalue weighted by atomic mass is 9.93. The predicted octanol–water partition coefficient (Wildman–Crippen LogP) is 4.47. The van der Waals surface area contributed by atoms with Gasteiger partial charge in [0.05, 0.1) is 10.5 Å². The number of esters is 1. The zero-order valence-electron chi connectivity index (χ0n) is 17.3. The van der Waals surface area contributed by atoms with Gasteiger partial charge < -0.3 is 15.4 Å². The average Bonchev–Trinajstić information content (AvgIpc) is 2.71. The van der Waals surface area contributed by atoms with Gasteiger partial charge in [-0.2, -0.15) is 0 Å². The van der Waals surface area contributed by atoms with E-state index in [9.17, 15) is 19.7 Å². The summed E-state index contributed by atoms with van der Waals surface area (Å²) in [5.41, 5.74) is 0.246. The Labute approximate surface area is 176 Å². The normalized spacial score (nSPS) is 22.9. The maximum absolute atomic E-state index is 12.3. The molecule has 0 spiro atoms. The van der Waals surface area contributed by atoms with Crippen molar-refractivity contribution in [1.29, 1.82) is 0 Å². The van der Waals surface area contributed by atoms with E-state index in [1.807, 2.05) is 0 Å². The van der Waals surface area contributed by atoms with Gasteiger partial charge in [-0.25, -0.2) is 9.59 Å². The topological polar surface area (TPSA) is 111 Å². The zero-order chi connectivity index (χ0) is 21.3. The zero-order valence-corrected chi connectivity index (χ0v) is 17.3. The van der Waals surface area contributed by atoms with Crippen molar-refractivity contribution in [3.63, 3.8) is 0 Å². The van der Waals surface area contributed by atoms with Crippen molar-refractivity contribution in [1.82, 2.24) is 10.6 Å². The first kappa shape index (κ1) is 22.1. The summed E-state index contributed by atoms with van der Waals surface area (Å²) in [6.07, 6.45) is 11.0. The first-order chi connectivity index (χ1) is 14.5. The summed E-state index contributed by atoms with van der Waals surface area (Å²) >= 11 is 0. The van der Waals surface area contributed by atoms with Crippen molar-refractivity contribution >= 4 is 17.7 Å². The number of urea groups is 1. The lowest BCUT2D eigenvalue weighted by Gasteiger charge is -2.30. The largest absolute Gasteiger partial charge is 0.459 e. The van der Waals surface area contributed by atoms with Gasteiger partial charge in [-0.15, -0.1) is 0 Å². The lowest BCUT2D eigenvalue weighted by Crippen LogP contribution is -2.47. The number of hydrogen-bond acceptors (Lipinski definition) is 5. The van der Waals surface area contributed by atoms with Crippen LogP contribution in [0.4, 0.5) is 10.5 Å². The molecule has 8 heteroatoms. The number of rotatable bonds is 5. The van der Waals surface area contributed by atoms with Crippen molar-refractivity contribution in [2.24, 2.45) is 0 Å². The molecule has 2 fully saturated rings. The Kier molecular flexibility index (Phi) is 8.04. The summed E-state index contributed by atoms with van der Waals surface area (Å²) in [5, 5.41) is 16.9. The van der Waals surface area contributed by atoms with E-state index in [1.54, 1.807) is 0 Å². The molecule has 8 nitrogen and oxygen atoms in total. The highest BCUT2D eigenvalue weighted by Crippen LogP contribution is 2.23. The maximum atomic E-state index is 12.3. The van der Waals surface area contributed by atoms with Crippen molar-refractivity contribution < 1.29 is 19.2 Å². The van der Waals surface area contributed by atoms with E-state index in [0.29, 0.717) is 18.4 Å². The Morgan fingerprint density at radius 1 is 0.833 bits per heavy atom. The van der Waals surface area contributed by atoms with Crippen LogP contribution in [0.25, 0.3) is 0 Å².